The smallest absolute Gasteiger partial charge is 0.278 e. The number of hydrogen-bond acceptors (Lipinski definition) is 4. The standard InChI is InChI=1S/C20H30N4O2S/c1-5-15-8-6-7-9-23(15)17(25)12-27-20-22-16-10-14(4)21-18(16)19(26)24(20)11-13(2)3/h10,13,15,21H,5-9,11-12H2,1-4H3/t15-/m1/s1. The van der Waals surface area contributed by atoms with Crippen molar-refractivity contribution in [2.75, 3.05) is 12.3 Å². The predicted octanol–water partition coefficient (Wildman–Crippen LogP) is 3.57. The van der Waals surface area contributed by atoms with Crippen LogP contribution in [0.1, 0.15) is 52.1 Å². The van der Waals surface area contributed by atoms with Crippen LogP contribution in [0, 0.1) is 12.8 Å². The lowest BCUT2D eigenvalue weighted by Gasteiger charge is -2.35. The summed E-state index contributed by atoms with van der Waals surface area (Å²) in [6, 6.07) is 2.24. The number of thioether (sulfide) groups is 1. The Bertz CT molecular complexity index is 871. The average Bonchev–Trinajstić information content (AvgIpc) is 3.02. The normalized spacial score (nSPS) is 17.8. The van der Waals surface area contributed by atoms with E-state index in [-0.39, 0.29) is 11.5 Å². The zero-order valence-corrected chi connectivity index (χ0v) is 17.6. The molecule has 0 spiro atoms. The van der Waals surface area contributed by atoms with Crippen molar-refractivity contribution in [1.82, 2.24) is 19.4 Å². The maximum Gasteiger partial charge on any atom is 0.278 e. The second-order valence-electron chi connectivity index (χ2n) is 7.85. The molecule has 1 amide bonds. The zero-order valence-electron chi connectivity index (χ0n) is 16.7. The van der Waals surface area contributed by atoms with Gasteiger partial charge >= 0.3 is 0 Å². The molecule has 2 aromatic rings. The molecule has 0 unspecified atom stereocenters. The van der Waals surface area contributed by atoms with Crippen molar-refractivity contribution in [3.63, 3.8) is 0 Å². The number of fused-ring (bicyclic) bond motifs is 1. The molecule has 0 aromatic carbocycles. The van der Waals surface area contributed by atoms with Gasteiger partial charge in [-0.1, -0.05) is 32.5 Å². The van der Waals surface area contributed by atoms with Gasteiger partial charge in [-0.15, -0.1) is 0 Å². The van der Waals surface area contributed by atoms with Crippen LogP contribution in [-0.4, -0.2) is 43.7 Å². The van der Waals surface area contributed by atoms with Gasteiger partial charge in [0, 0.05) is 24.8 Å². The Labute approximate surface area is 164 Å². The second kappa shape index (κ2) is 8.50. The van der Waals surface area contributed by atoms with E-state index < -0.39 is 0 Å². The zero-order chi connectivity index (χ0) is 19.6. The largest absolute Gasteiger partial charge is 0.353 e. The minimum atomic E-state index is -0.0545. The molecule has 148 valence electrons. The fourth-order valence-electron chi connectivity index (χ4n) is 3.81. The Balaban J connectivity index is 1.84. The summed E-state index contributed by atoms with van der Waals surface area (Å²) >= 11 is 1.39. The number of likely N-dealkylation sites (tertiary alicyclic amines) is 1. The molecule has 1 aliphatic heterocycles. The molecule has 0 saturated carbocycles. The highest BCUT2D eigenvalue weighted by Crippen LogP contribution is 2.23. The first-order valence-electron chi connectivity index (χ1n) is 9.93. The summed E-state index contributed by atoms with van der Waals surface area (Å²) < 4.78 is 1.72. The van der Waals surface area contributed by atoms with Crippen LogP contribution in [0.25, 0.3) is 11.0 Å². The molecule has 0 aliphatic carbocycles. The lowest BCUT2D eigenvalue weighted by molar-refractivity contribution is -0.132. The van der Waals surface area contributed by atoms with Gasteiger partial charge in [0.2, 0.25) is 5.91 Å². The van der Waals surface area contributed by atoms with Crippen molar-refractivity contribution in [2.45, 2.75) is 71.1 Å². The van der Waals surface area contributed by atoms with Gasteiger partial charge in [-0.3, -0.25) is 14.2 Å². The number of rotatable bonds is 6. The average molecular weight is 391 g/mol. The minimum Gasteiger partial charge on any atom is -0.353 e. The summed E-state index contributed by atoms with van der Waals surface area (Å²) in [5.41, 5.74) is 2.09. The molecule has 2 aromatic heterocycles. The van der Waals surface area contributed by atoms with E-state index in [1.54, 1.807) is 4.57 Å². The van der Waals surface area contributed by atoms with Crippen molar-refractivity contribution in [3.05, 3.63) is 22.1 Å². The first kappa shape index (κ1) is 20.0. The van der Waals surface area contributed by atoms with Crippen molar-refractivity contribution in [2.24, 2.45) is 5.92 Å². The molecule has 7 heteroatoms. The minimum absolute atomic E-state index is 0.0545. The number of aromatic nitrogens is 3. The fraction of sp³-hybridized carbons (Fsp3) is 0.650. The molecule has 0 bridgehead atoms. The van der Waals surface area contributed by atoms with E-state index in [0.717, 1.165) is 31.5 Å². The summed E-state index contributed by atoms with van der Waals surface area (Å²) in [6.45, 7) is 9.67. The Morgan fingerprint density at radius 1 is 1.41 bits per heavy atom. The van der Waals surface area contributed by atoms with Crippen molar-refractivity contribution < 1.29 is 4.79 Å². The molecule has 1 atom stereocenters. The van der Waals surface area contributed by atoms with Gasteiger partial charge in [-0.05, 0) is 44.6 Å². The molecular weight excluding hydrogens is 360 g/mol. The lowest BCUT2D eigenvalue weighted by atomic mass is 10.0. The van der Waals surface area contributed by atoms with Crippen LogP contribution in [0.5, 0.6) is 0 Å². The first-order chi connectivity index (χ1) is 12.9. The van der Waals surface area contributed by atoms with Crippen LogP contribution < -0.4 is 5.56 Å². The molecule has 6 nitrogen and oxygen atoms in total. The third-order valence-corrected chi connectivity index (χ3v) is 6.09. The highest BCUT2D eigenvalue weighted by atomic mass is 32.2. The lowest BCUT2D eigenvalue weighted by Crippen LogP contribution is -2.44. The number of nitrogens with one attached hydrogen (secondary N) is 1. The molecule has 1 N–H and O–H groups in total. The van der Waals surface area contributed by atoms with E-state index in [2.05, 4.69) is 25.8 Å². The van der Waals surface area contributed by atoms with Gasteiger partial charge in [0.15, 0.2) is 5.16 Å². The fourth-order valence-corrected chi connectivity index (χ4v) is 4.70. The van der Waals surface area contributed by atoms with E-state index in [1.165, 1.54) is 18.2 Å². The van der Waals surface area contributed by atoms with Crippen molar-refractivity contribution >= 4 is 28.7 Å². The molecule has 1 fully saturated rings. The number of aryl methyl sites for hydroxylation is 1. The van der Waals surface area contributed by atoms with E-state index in [0.29, 0.717) is 40.4 Å². The maximum absolute atomic E-state index is 12.9. The quantitative estimate of drug-likeness (QED) is 0.605. The van der Waals surface area contributed by atoms with Gasteiger partial charge in [0.25, 0.3) is 5.56 Å². The van der Waals surface area contributed by atoms with Gasteiger partial charge in [0.05, 0.1) is 11.3 Å². The number of carbonyl (C=O) groups excluding carboxylic acids is 1. The van der Waals surface area contributed by atoms with Gasteiger partial charge in [0.1, 0.15) is 5.52 Å². The third-order valence-electron chi connectivity index (χ3n) is 5.13. The van der Waals surface area contributed by atoms with Crippen LogP contribution in [0.15, 0.2) is 16.0 Å². The number of aromatic amines is 1. The predicted molar refractivity (Wildman–Crippen MR) is 110 cm³/mol. The summed E-state index contributed by atoms with van der Waals surface area (Å²) in [5.74, 6) is 0.803. The maximum atomic E-state index is 12.9. The summed E-state index contributed by atoms with van der Waals surface area (Å²) in [6.07, 6.45) is 4.38. The Kier molecular flexibility index (Phi) is 6.29. The molecule has 0 radical (unpaired) electrons. The summed E-state index contributed by atoms with van der Waals surface area (Å²) in [5, 5.41) is 0.638. The van der Waals surface area contributed by atoms with Gasteiger partial charge in [-0.25, -0.2) is 4.98 Å². The molecule has 1 saturated heterocycles. The monoisotopic (exact) mass is 390 g/mol. The molecule has 3 rings (SSSR count). The SMILES string of the molecule is CC[C@@H]1CCCCN1C(=O)CSc1nc2cc(C)[nH]c2c(=O)n1CC(C)C. The van der Waals surface area contributed by atoms with Crippen LogP contribution in [-0.2, 0) is 11.3 Å². The Morgan fingerprint density at radius 2 is 2.19 bits per heavy atom. The first-order valence-corrected chi connectivity index (χ1v) is 10.9. The van der Waals surface area contributed by atoms with Crippen molar-refractivity contribution in [3.8, 4) is 0 Å². The highest BCUT2D eigenvalue weighted by Gasteiger charge is 2.25. The van der Waals surface area contributed by atoms with Crippen LogP contribution in [0.4, 0.5) is 0 Å². The highest BCUT2D eigenvalue weighted by molar-refractivity contribution is 7.99. The number of H-pyrrole nitrogens is 1. The van der Waals surface area contributed by atoms with Gasteiger partial charge in [-0.2, -0.15) is 0 Å². The topological polar surface area (TPSA) is 71.0 Å². The number of hydrogen-bond donors (Lipinski definition) is 1. The van der Waals surface area contributed by atoms with Crippen LogP contribution in [0.3, 0.4) is 0 Å². The molecule has 1 aliphatic rings. The Hall–Kier alpha value is -1.76. The van der Waals surface area contributed by atoms with Gasteiger partial charge < -0.3 is 9.88 Å². The van der Waals surface area contributed by atoms with Crippen molar-refractivity contribution in [1.29, 1.82) is 0 Å². The van der Waals surface area contributed by atoms with Crippen LogP contribution >= 0.6 is 11.8 Å². The Morgan fingerprint density at radius 3 is 2.89 bits per heavy atom. The molecule has 27 heavy (non-hydrogen) atoms. The summed E-state index contributed by atoms with van der Waals surface area (Å²) in [4.78, 5) is 35.6. The third kappa shape index (κ3) is 4.39. The molecule has 3 heterocycles. The van der Waals surface area contributed by atoms with E-state index in [9.17, 15) is 9.59 Å². The van der Waals surface area contributed by atoms with E-state index >= 15 is 0 Å². The van der Waals surface area contributed by atoms with E-state index in [1.807, 2.05) is 17.9 Å². The number of nitrogens with zero attached hydrogens (tertiary/aromatic N) is 3. The second-order valence-corrected chi connectivity index (χ2v) is 8.79. The number of amides is 1. The van der Waals surface area contributed by atoms with E-state index in [4.69, 9.17) is 4.98 Å². The summed E-state index contributed by atoms with van der Waals surface area (Å²) in [7, 11) is 0. The number of carbonyl (C=O) groups is 1. The van der Waals surface area contributed by atoms with Crippen LogP contribution in [0.2, 0.25) is 0 Å². The molecular formula is C20H30N4O2S. The number of piperidine rings is 1.